The van der Waals surface area contributed by atoms with Crippen molar-refractivity contribution in [2.24, 2.45) is 7.05 Å². The maximum atomic E-state index is 12.1. The van der Waals surface area contributed by atoms with Crippen molar-refractivity contribution in [2.75, 3.05) is 0 Å². The van der Waals surface area contributed by atoms with E-state index in [9.17, 15) is 9.59 Å². The molecular formula is C13H17N3O3S. The number of fused-ring (bicyclic) bond motifs is 1. The first-order chi connectivity index (χ1) is 9.43. The molecule has 2 aromatic heterocycles. The Hall–Kier alpha value is -1.89. The van der Waals surface area contributed by atoms with Crippen LogP contribution in [0.2, 0.25) is 0 Å². The zero-order chi connectivity index (χ0) is 14.9. The zero-order valence-electron chi connectivity index (χ0n) is 11.6. The third-order valence-corrected chi connectivity index (χ3v) is 4.30. The second kappa shape index (κ2) is 5.62. The Kier molecular flexibility index (Phi) is 4.08. The van der Waals surface area contributed by atoms with E-state index < -0.39 is 12.0 Å². The van der Waals surface area contributed by atoms with Gasteiger partial charge in [-0.1, -0.05) is 13.3 Å². The fourth-order valence-corrected chi connectivity index (χ4v) is 3.12. The Morgan fingerprint density at radius 2 is 2.25 bits per heavy atom. The minimum Gasteiger partial charge on any atom is -0.480 e. The average Bonchev–Trinajstić information content (AvgIpc) is 2.91. The monoisotopic (exact) mass is 295 g/mol. The van der Waals surface area contributed by atoms with E-state index in [-0.39, 0.29) is 5.91 Å². The van der Waals surface area contributed by atoms with Crippen molar-refractivity contribution in [2.45, 2.75) is 32.7 Å². The Morgan fingerprint density at radius 1 is 1.55 bits per heavy atom. The van der Waals surface area contributed by atoms with Gasteiger partial charge in [-0.3, -0.25) is 9.48 Å². The maximum absolute atomic E-state index is 12.1. The van der Waals surface area contributed by atoms with Gasteiger partial charge in [0.05, 0.1) is 10.6 Å². The van der Waals surface area contributed by atoms with Crippen LogP contribution in [0.15, 0.2) is 6.07 Å². The van der Waals surface area contributed by atoms with Gasteiger partial charge in [0.25, 0.3) is 5.91 Å². The SMILES string of the molecule is CCCC(NC(=O)c1cc2c(C)nn(C)c2s1)C(=O)O. The zero-order valence-corrected chi connectivity index (χ0v) is 12.5. The number of amides is 1. The largest absolute Gasteiger partial charge is 0.480 e. The van der Waals surface area contributed by atoms with E-state index in [0.29, 0.717) is 17.7 Å². The number of carbonyl (C=O) groups is 2. The molecule has 2 rings (SSSR count). The molecule has 1 unspecified atom stereocenters. The van der Waals surface area contributed by atoms with E-state index in [1.807, 2.05) is 20.9 Å². The molecule has 0 aliphatic rings. The van der Waals surface area contributed by atoms with Gasteiger partial charge in [-0.2, -0.15) is 5.10 Å². The molecule has 2 aromatic rings. The molecule has 2 heterocycles. The topological polar surface area (TPSA) is 84.2 Å². The number of thiophene rings is 1. The molecule has 0 fully saturated rings. The standard InChI is InChI=1S/C13H17N3O3S/c1-4-5-9(13(18)19)14-11(17)10-6-8-7(2)15-16(3)12(8)20-10/h6,9H,4-5H2,1-3H3,(H,14,17)(H,18,19). The number of nitrogens with zero attached hydrogens (tertiary/aromatic N) is 2. The number of aryl methyl sites for hydroxylation is 2. The van der Waals surface area contributed by atoms with Crippen LogP contribution in [0.5, 0.6) is 0 Å². The van der Waals surface area contributed by atoms with Gasteiger partial charge in [0.1, 0.15) is 10.9 Å². The number of hydrogen-bond acceptors (Lipinski definition) is 4. The lowest BCUT2D eigenvalue weighted by Crippen LogP contribution is -2.40. The van der Waals surface area contributed by atoms with Gasteiger partial charge >= 0.3 is 5.97 Å². The van der Waals surface area contributed by atoms with Crippen molar-refractivity contribution in [3.8, 4) is 0 Å². The number of carbonyl (C=O) groups excluding carboxylic acids is 1. The third kappa shape index (κ3) is 2.67. The van der Waals surface area contributed by atoms with Crippen molar-refractivity contribution < 1.29 is 14.7 Å². The van der Waals surface area contributed by atoms with Crippen LogP contribution in [-0.2, 0) is 11.8 Å². The van der Waals surface area contributed by atoms with Crippen molar-refractivity contribution in [3.05, 3.63) is 16.6 Å². The molecule has 0 aliphatic carbocycles. The second-order valence-electron chi connectivity index (χ2n) is 4.69. The molecule has 2 N–H and O–H groups in total. The Bertz CT molecular complexity index is 625. The minimum absolute atomic E-state index is 0.341. The molecule has 20 heavy (non-hydrogen) atoms. The third-order valence-electron chi connectivity index (χ3n) is 3.10. The first-order valence-electron chi connectivity index (χ1n) is 6.40. The summed E-state index contributed by atoms with van der Waals surface area (Å²) in [6.45, 7) is 3.77. The van der Waals surface area contributed by atoms with Crippen molar-refractivity contribution in [1.29, 1.82) is 0 Å². The van der Waals surface area contributed by atoms with Crippen LogP contribution >= 0.6 is 11.3 Å². The highest BCUT2D eigenvalue weighted by Gasteiger charge is 2.21. The van der Waals surface area contributed by atoms with Crippen LogP contribution in [0.4, 0.5) is 0 Å². The Balaban J connectivity index is 2.22. The summed E-state index contributed by atoms with van der Waals surface area (Å²) in [5, 5.41) is 16.8. The molecule has 7 heteroatoms. The van der Waals surface area contributed by atoms with Crippen molar-refractivity contribution >= 4 is 33.4 Å². The van der Waals surface area contributed by atoms with Gasteiger partial charge in [-0.15, -0.1) is 11.3 Å². The quantitative estimate of drug-likeness (QED) is 0.882. The molecule has 108 valence electrons. The molecule has 1 atom stereocenters. The molecule has 0 aromatic carbocycles. The summed E-state index contributed by atoms with van der Waals surface area (Å²) in [5.74, 6) is -1.34. The van der Waals surface area contributed by atoms with Gasteiger partial charge < -0.3 is 10.4 Å². The molecule has 1 amide bonds. The summed E-state index contributed by atoms with van der Waals surface area (Å²) in [6, 6.07) is 0.930. The van der Waals surface area contributed by atoms with E-state index in [2.05, 4.69) is 10.4 Å². The van der Waals surface area contributed by atoms with E-state index in [0.717, 1.165) is 15.9 Å². The Labute approximate surface area is 120 Å². The lowest BCUT2D eigenvalue weighted by atomic mass is 10.1. The lowest BCUT2D eigenvalue weighted by molar-refractivity contribution is -0.139. The van der Waals surface area contributed by atoms with Crippen LogP contribution in [0.25, 0.3) is 10.2 Å². The normalized spacial score (nSPS) is 12.6. The molecule has 0 aliphatic heterocycles. The van der Waals surface area contributed by atoms with Crippen LogP contribution in [0.1, 0.15) is 35.1 Å². The summed E-state index contributed by atoms with van der Waals surface area (Å²) >= 11 is 1.32. The Morgan fingerprint density at radius 3 is 2.80 bits per heavy atom. The van der Waals surface area contributed by atoms with Gasteiger partial charge in [-0.25, -0.2) is 4.79 Å². The number of aromatic nitrogens is 2. The number of hydrogen-bond donors (Lipinski definition) is 2. The van der Waals surface area contributed by atoms with Crippen LogP contribution in [-0.4, -0.2) is 32.8 Å². The predicted octanol–water partition coefficient (Wildman–Crippen LogP) is 1.93. The summed E-state index contributed by atoms with van der Waals surface area (Å²) in [6.07, 6.45) is 1.12. The first-order valence-corrected chi connectivity index (χ1v) is 7.22. The molecular weight excluding hydrogens is 278 g/mol. The molecule has 0 saturated heterocycles. The van der Waals surface area contributed by atoms with Gasteiger partial charge in [-0.05, 0) is 19.4 Å². The van der Waals surface area contributed by atoms with Crippen molar-refractivity contribution in [3.63, 3.8) is 0 Å². The van der Waals surface area contributed by atoms with Crippen LogP contribution in [0.3, 0.4) is 0 Å². The highest BCUT2D eigenvalue weighted by molar-refractivity contribution is 7.20. The van der Waals surface area contributed by atoms with Crippen LogP contribution in [0, 0.1) is 6.92 Å². The highest BCUT2D eigenvalue weighted by Crippen LogP contribution is 2.27. The highest BCUT2D eigenvalue weighted by atomic mass is 32.1. The average molecular weight is 295 g/mol. The summed E-state index contributed by atoms with van der Waals surface area (Å²) in [7, 11) is 1.82. The molecule has 0 saturated carbocycles. The molecule has 0 radical (unpaired) electrons. The van der Waals surface area contributed by atoms with Gasteiger partial charge in [0, 0.05) is 12.4 Å². The predicted molar refractivity (Wildman–Crippen MR) is 77.1 cm³/mol. The number of carboxylic acid groups (broad SMARTS) is 1. The fraction of sp³-hybridized carbons (Fsp3) is 0.462. The molecule has 6 nitrogen and oxygen atoms in total. The van der Waals surface area contributed by atoms with E-state index in [1.54, 1.807) is 10.7 Å². The molecule has 0 bridgehead atoms. The minimum atomic E-state index is -1.00. The molecule has 0 spiro atoms. The van der Waals surface area contributed by atoms with Gasteiger partial charge in [0.2, 0.25) is 0 Å². The summed E-state index contributed by atoms with van der Waals surface area (Å²) < 4.78 is 1.73. The van der Waals surface area contributed by atoms with Gasteiger partial charge in [0.15, 0.2) is 0 Å². The van der Waals surface area contributed by atoms with Crippen molar-refractivity contribution in [1.82, 2.24) is 15.1 Å². The van der Waals surface area contributed by atoms with E-state index in [1.165, 1.54) is 11.3 Å². The number of nitrogens with one attached hydrogen (secondary N) is 1. The number of carboxylic acids is 1. The number of aliphatic carboxylic acids is 1. The second-order valence-corrected chi connectivity index (χ2v) is 5.72. The van der Waals surface area contributed by atoms with E-state index in [4.69, 9.17) is 5.11 Å². The van der Waals surface area contributed by atoms with E-state index >= 15 is 0 Å². The number of rotatable bonds is 5. The van der Waals surface area contributed by atoms with Crippen LogP contribution < -0.4 is 5.32 Å². The lowest BCUT2D eigenvalue weighted by Gasteiger charge is -2.12. The first kappa shape index (κ1) is 14.5. The smallest absolute Gasteiger partial charge is 0.326 e. The maximum Gasteiger partial charge on any atom is 0.326 e. The fourth-order valence-electron chi connectivity index (χ4n) is 2.09. The summed E-state index contributed by atoms with van der Waals surface area (Å²) in [4.78, 5) is 24.6. The summed E-state index contributed by atoms with van der Waals surface area (Å²) in [5.41, 5.74) is 0.862.